The van der Waals surface area contributed by atoms with Crippen molar-refractivity contribution in [3.8, 4) is 0 Å². The minimum atomic E-state index is -0.559. The SMILES string of the molecule is O=C(Cl)/C=C/c1c(Cl)cccc1Cl. The van der Waals surface area contributed by atoms with Crippen LogP contribution in [0.5, 0.6) is 0 Å². The fraction of sp³-hybridized carbons (Fsp3) is 0. The Balaban J connectivity index is 3.06. The van der Waals surface area contributed by atoms with Crippen molar-refractivity contribution in [2.75, 3.05) is 0 Å². The molecule has 1 nitrogen and oxygen atoms in total. The Bertz CT molecular complexity index is 338. The molecule has 0 amide bonds. The summed E-state index contributed by atoms with van der Waals surface area (Å²) in [6, 6.07) is 5.10. The largest absolute Gasteiger partial charge is 0.276 e. The van der Waals surface area contributed by atoms with Gasteiger partial charge in [0.1, 0.15) is 0 Å². The van der Waals surface area contributed by atoms with Crippen LogP contribution in [-0.4, -0.2) is 5.24 Å². The summed E-state index contributed by atoms with van der Waals surface area (Å²) in [6.07, 6.45) is 2.69. The third-order valence-corrected chi connectivity index (χ3v) is 2.17. The van der Waals surface area contributed by atoms with E-state index in [2.05, 4.69) is 0 Å². The number of hydrogen-bond donors (Lipinski definition) is 0. The van der Waals surface area contributed by atoms with Crippen LogP contribution in [0.1, 0.15) is 5.56 Å². The quantitative estimate of drug-likeness (QED) is 0.563. The zero-order chi connectivity index (χ0) is 9.84. The number of carbonyl (C=O) groups is 1. The highest BCUT2D eigenvalue weighted by molar-refractivity contribution is 6.66. The van der Waals surface area contributed by atoms with Crippen molar-refractivity contribution in [1.29, 1.82) is 0 Å². The molecule has 0 aliphatic heterocycles. The minimum absolute atomic E-state index is 0.488. The molecule has 0 aliphatic rings. The van der Waals surface area contributed by atoms with Crippen LogP contribution in [0.2, 0.25) is 10.0 Å². The van der Waals surface area contributed by atoms with Crippen LogP contribution >= 0.6 is 34.8 Å². The van der Waals surface area contributed by atoms with Gasteiger partial charge in [-0.15, -0.1) is 0 Å². The predicted molar refractivity (Wildman–Crippen MR) is 56.4 cm³/mol. The van der Waals surface area contributed by atoms with Crippen LogP contribution in [0, 0.1) is 0 Å². The summed E-state index contributed by atoms with van der Waals surface area (Å²) in [4.78, 5) is 10.4. The summed E-state index contributed by atoms with van der Waals surface area (Å²) >= 11 is 16.8. The molecule has 68 valence electrons. The molecule has 13 heavy (non-hydrogen) atoms. The summed E-state index contributed by atoms with van der Waals surface area (Å²) in [5.74, 6) is 0. The van der Waals surface area contributed by atoms with Crippen LogP contribution in [0.3, 0.4) is 0 Å². The van der Waals surface area contributed by atoms with E-state index < -0.39 is 5.24 Å². The van der Waals surface area contributed by atoms with Crippen LogP contribution in [0.4, 0.5) is 0 Å². The Labute approximate surface area is 90.9 Å². The lowest BCUT2D eigenvalue weighted by atomic mass is 10.2. The molecule has 1 aromatic carbocycles. The maximum Gasteiger partial charge on any atom is 0.245 e. The van der Waals surface area contributed by atoms with Gasteiger partial charge in [0.05, 0.1) is 0 Å². The van der Waals surface area contributed by atoms with Gasteiger partial charge in [-0.2, -0.15) is 0 Å². The van der Waals surface area contributed by atoms with Gasteiger partial charge in [-0.05, 0) is 35.9 Å². The first-order valence-electron chi connectivity index (χ1n) is 3.43. The van der Waals surface area contributed by atoms with Gasteiger partial charge in [0.15, 0.2) is 0 Å². The second kappa shape index (κ2) is 4.66. The van der Waals surface area contributed by atoms with E-state index in [1.807, 2.05) is 0 Å². The molecular weight excluding hydrogens is 230 g/mol. The molecule has 0 radical (unpaired) electrons. The van der Waals surface area contributed by atoms with Crippen LogP contribution in [-0.2, 0) is 4.79 Å². The lowest BCUT2D eigenvalue weighted by molar-refractivity contribution is -0.107. The molecular formula is C9H5Cl3O. The lowest BCUT2D eigenvalue weighted by Crippen LogP contribution is -1.79. The topological polar surface area (TPSA) is 17.1 Å². The number of rotatable bonds is 2. The molecule has 0 aromatic heterocycles. The molecule has 0 fully saturated rings. The number of allylic oxidation sites excluding steroid dienone is 1. The van der Waals surface area contributed by atoms with Crippen molar-refractivity contribution in [3.63, 3.8) is 0 Å². The Hall–Kier alpha value is -0.500. The van der Waals surface area contributed by atoms with Gasteiger partial charge in [-0.1, -0.05) is 29.3 Å². The fourth-order valence-electron chi connectivity index (χ4n) is 0.819. The molecule has 0 unspecified atom stereocenters. The number of carbonyl (C=O) groups excluding carboxylic acids is 1. The Morgan fingerprint density at radius 1 is 1.23 bits per heavy atom. The van der Waals surface area contributed by atoms with Gasteiger partial charge in [0, 0.05) is 15.6 Å². The van der Waals surface area contributed by atoms with E-state index in [4.69, 9.17) is 34.8 Å². The summed E-state index contributed by atoms with van der Waals surface area (Å²) < 4.78 is 0. The summed E-state index contributed by atoms with van der Waals surface area (Å²) in [6.45, 7) is 0. The third-order valence-electron chi connectivity index (χ3n) is 1.38. The smallest absolute Gasteiger partial charge is 0.245 e. The molecule has 0 spiro atoms. The molecule has 0 heterocycles. The Morgan fingerprint density at radius 3 is 2.23 bits per heavy atom. The van der Waals surface area contributed by atoms with Crippen molar-refractivity contribution in [2.45, 2.75) is 0 Å². The second-order valence-electron chi connectivity index (χ2n) is 2.27. The van der Waals surface area contributed by atoms with Gasteiger partial charge >= 0.3 is 0 Å². The van der Waals surface area contributed by atoms with Crippen molar-refractivity contribution >= 4 is 46.1 Å². The van der Waals surface area contributed by atoms with Crippen molar-refractivity contribution in [1.82, 2.24) is 0 Å². The van der Waals surface area contributed by atoms with E-state index in [-0.39, 0.29) is 0 Å². The highest BCUT2D eigenvalue weighted by atomic mass is 35.5. The molecule has 0 saturated carbocycles. The van der Waals surface area contributed by atoms with Gasteiger partial charge in [0.2, 0.25) is 5.24 Å². The Kier molecular flexibility index (Phi) is 3.79. The first-order valence-corrected chi connectivity index (χ1v) is 4.56. The van der Waals surface area contributed by atoms with Crippen molar-refractivity contribution < 1.29 is 4.79 Å². The van der Waals surface area contributed by atoms with Crippen LogP contribution in [0.25, 0.3) is 6.08 Å². The van der Waals surface area contributed by atoms with E-state index in [1.165, 1.54) is 12.2 Å². The molecule has 0 bridgehead atoms. The minimum Gasteiger partial charge on any atom is -0.276 e. The average Bonchev–Trinajstić information content (AvgIpc) is 2.03. The molecule has 0 aliphatic carbocycles. The maximum atomic E-state index is 10.4. The van der Waals surface area contributed by atoms with E-state index in [9.17, 15) is 4.79 Å². The highest BCUT2D eigenvalue weighted by Crippen LogP contribution is 2.25. The van der Waals surface area contributed by atoms with Crippen LogP contribution < -0.4 is 0 Å². The molecule has 0 N–H and O–H groups in total. The average molecular weight is 235 g/mol. The molecule has 1 aromatic rings. The van der Waals surface area contributed by atoms with E-state index >= 15 is 0 Å². The van der Waals surface area contributed by atoms with Crippen LogP contribution in [0.15, 0.2) is 24.3 Å². The molecule has 4 heteroatoms. The molecule has 1 rings (SSSR count). The summed E-state index contributed by atoms with van der Waals surface area (Å²) in [5.41, 5.74) is 0.597. The predicted octanol–water partition coefficient (Wildman–Crippen LogP) is 3.77. The third kappa shape index (κ3) is 3.03. The number of halogens is 3. The maximum absolute atomic E-state index is 10.4. The van der Waals surface area contributed by atoms with Gasteiger partial charge in [-0.25, -0.2) is 0 Å². The zero-order valence-electron chi connectivity index (χ0n) is 6.43. The summed E-state index contributed by atoms with van der Waals surface area (Å²) in [5, 5.41) is 0.416. The van der Waals surface area contributed by atoms with Crippen molar-refractivity contribution in [3.05, 3.63) is 39.9 Å². The number of benzene rings is 1. The van der Waals surface area contributed by atoms with Crippen molar-refractivity contribution in [2.24, 2.45) is 0 Å². The van der Waals surface area contributed by atoms with Gasteiger partial charge in [-0.3, -0.25) is 4.79 Å². The molecule has 0 atom stereocenters. The first kappa shape index (κ1) is 10.6. The molecule has 0 saturated heterocycles. The normalized spacial score (nSPS) is 10.7. The lowest BCUT2D eigenvalue weighted by Gasteiger charge is -1.99. The van der Waals surface area contributed by atoms with E-state index in [0.717, 1.165) is 0 Å². The zero-order valence-corrected chi connectivity index (χ0v) is 8.70. The van der Waals surface area contributed by atoms with E-state index in [1.54, 1.807) is 18.2 Å². The van der Waals surface area contributed by atoms with Gasteiger partial charge < -0.3 is 0 Å². The number of hydrogen-bond acceptors (Lipinski definition) is 1. The van der Waals surface area contributed by atoms with Gasteiger partial charge in [0.25, 0.3) is 0 Å². The Morgan fingerprint density at radius 2 is 1.77 bits per heavy atom. The summed E-state index contributed by atoms with van der Waals surface area (Å²) in [7, 11) is 0. The monoisotopic (exact) mass is 234 g/mol. The standard InChI is InChI=1S/C9H5Cl3O/c10-7-2-1-3-8(11)6(7)4-5-9(12)13/h1-5H/b5-4+. The fourth-order valence-corrected chi connectivity index (χ4v) is 1.41. The first-order chi connectivity index (χ1) is 6.11. The second-order valence-corrected chi connectivity index (χ2v) is 3.46. The van der Waals surface area contributed by atoms with E-state index in [0.29, 0.717) is 15.6 Å². The highest BCUT2D eigenvalue weighted by Gasteiger charge is 2.01.